The van der Waals surface area contributed by atoms with Crippen molar-refractivity contribution in [2.24, 2.45) is 0 Å². The van der Waals surface area contributed by atoms with Crippen LogP contribution < -0.4 is 4.74 Å². The minimum atomic E-state index is -4.48. The number of aromatic nitrogens is 2. The van der Waals surface area contributed by atoms with E-state index < -0.39 is 16.7 Å². The molecule has 1 fully saturated rings. The van der Waals surface area contributed by atoms with E-state index >= 15 is 0 Å². The van der Waals surface area contributed by atoms with Gasteiger partial charge in [0.15, 0.2) is 5.75 Å². The molecule has 10 nitrogen and oxygen atoms in total. The Morgan fingerprint density at radius 3 is 2.57 bits per heavy atom. The molecule has 35 heavy (non-hydrogen) atoms. The van der Waals surface area contributed by atoms with Gasteiger partial charge in [0.05, 0.1) is 24.1 Å². The van der Waals surface area contributed by atoms with Gasteiger partial charge in [-0.15, -0.1) is 0 Å². The molecular weight excluding hydrogens is 471 g/mol. The van der Waals surface area contributed by atoms with Crippen molar-refractivity contribution in [2.45, 2.75) is 12.7 Å². The van der Waals surface area contributed by atoms with E-state index in [0.717, 1.165) is 12.1 Å². The fraction of sp³-hybridized carbons (Fsp3) is 0.318. The van der Waals surface area contributed by atoms with Gasteiger partial charge in [-0.1, -0.05) is 17.3 Å². The molecule has 1 aliphatic heterocycles. The van der Waals surface area contributed by atoms with Gasteiger partial charge in [0.25, 0.3) is 5.91 Å². The monoisotopic (exact) mass is 491 g/mol. The van der Waals surface area contributed by atoms with Gasteiger partial charge in [0, 0.05) is 43.4 Å². The average molecular weight is 491 g/mol. The molecule has 0 saturated carbocycles. The van der Waals surface area contributed by atoms with Gasteiger partial charge in [-0.05, 0) is 24.3 Å². The van der Waals surface area contributed by atoms with Crippen molar-refractivity contribution in [1.29, 1.82) is 0 Å². The summed E-state index contributed by atoms with van der Waals surface area (Å²) in [5.41, 5.74) is -0.707. The van der Waals surface area contributed by atoms with Gasteiger partial charge in [-0.25, -0.2) is 0 Å². The smallest absolute Gasteiger partial charge is 0.416 e. The molecule has 2 aromatic carbocycles. The molecule has 1 saturated heterocycles. The molecule has 0 N–H and O–H groups in total. The van der Waals surface area contributed by atoms with Crippen LogP contribution in [0.15, 0.2) is 47.0 Å². The van der Waals surface area contributed by atoms with Crippen molar-refractivity contribution in [3.63, 3.8) is 0 Å². The predicted octanol–water partition coefficient (Wildman–Crippen LogP) is 3.63. The molecular formula is C22H20F3N5O5. The summed E-state index contributed by atoms with van der Waals surface area (Å²) in [7, 11) is 1.31. The molecule has 0 spiro atoms. The molecule has 0 unspecified atom stereocenters. The number of nitro groups is 1. The number of nitro benzene ring substituents is 1. The van der Waals surface area contributed by atoms with E-state index in [0.29, 0.717) is 26.2 Å². The predicted molar refractivity (Wildman–Crippen MR) is 116 cm³/mol. The first-order chi connectivity index (χ1) is 16.7. The zero-order valence-electron chi connectivity index (χ0n) is 18.5. The third kappa shape index (κ3) is 5.40. The van der Waals surface area contributed by atoms with Crippen LogP contribution in [-0.4, -0.2) is 64.1 Å². The fourth-order valence-corrected chi connectivity index (χ4v) is 3.72. The number of amides is 1. The Hall–Kier alpha value is -4.00. The minimum absolute atomic E-state index is 0.0565. The fourth-order valence-electron chi connectivity index (χ4n) is 3.72. The van der Waals surface area contributed by atoms with Crippen LogP contribution in [-0.2, 0) is 12.7 Å². The quantitative estimate of drug-likeness (QED) is 0.379. The van der Waals surface area contributed by atoms with Crippen molar-refractivity contribution in [3.05, 3.63) is 69.6 Å². The third-order valence-electron chi connectivity index (χ3n) is 5.56. The highest BCUT2D eigenvalue weighted by molar-refractivity contribution is 5.95. The first kappa shape index (κ1) is 24.1. The Bertz CT molecular complexity index is 1240. The lowest BCUT2D eigenvalue weighted by molar-refractivity contribution is -0.385. The summed E-state index contributed by atoms with van der Waals surface area (Å²) < 4.78 is 49.0. The second-order valence-corrected chi connectivity index (χ2v) is 7.80. The van der Waals surface area contributed by atoms with E-state index in [4.69, 9.17) is 9.26 Å². The number of hydrogen-bond acceptors (Lipinski definition) is 8. The van der Waals surface area contributed by atoms with Crippen molar-refractivity contribution in [1.82, 2.24) is 19.9 Å². The topological polar surface area (TPSA) is 115 Å². The maximum atomic E-state index is 12.9. The van der Waals surface area contributed by atoms with E-state index in [1.54, 1.807) is 4.90 Å². The second-order valence-electron chi connectivity index (χ2n) is 7.80. The highest BCUT2D eigenvalue weighted by Crippen LogP contribution is 2.31. The Kier molecular flexibility index (Phi) is 6.69. The molecule has 0 atom stereocenters. The zero-order chi connectivity index (χ0) is 25.2. The first-order valence-corrected chi connectivity index (χ1v) is 10.5. The molecule has 1 aromatic heterocycles. The summed E-state index contributed by atoms with van der Waals surface area (Å²) in [6.45, 7) is 1.96. The second kappa shape index (κ2) is 9.70. The Morgan fingerprint density at radius 2 is 1.91 bits per heavy atom. The van der Waals surface area contributed by atoms with Crippen molar-refractivity contribution in [2.75, 3.05) is 33.3 Å². The summed E-state index contributed by atoms with van der Waals surface area (Å²) in [5.74, 6) is 0.0319. The molecule has 13 heteroatoms. The number of ether oxygens (including phenoxy) is 1. The molecule has 0 radical (unpaired) electrons. The summed E-state index contributed by atoms with van der Waals surface area (Å²) in [6, 6.07) is 8.74. The lowest BCUT2D eigenvalue weighted by Crippen LogP contribution is -2.48. The van der Waals surface area contributed by atoms with Crippen LogP contribution in [0.1, 0.15) is 21.8 Å². The Labute approximate surface area is 197 Å². The molecule has 184 valence electrons. The molecule has 3 aromatic rings. The Morgan fingerprint density at radius 1 is 1.17 bits per heavy atom. The van der Waals surface area contributed by atoms with Crippen molar-refractivity contribution < 1.29 is 32.1 Å². The minimum Gasteiger partial charge on any atom is -0.490 e. The van der Waals surface area contributed by atoms with Crippen molar-refractivity contribution in [3.8, 4) is 17.1 Å². The van der Waals surface area contributed by atoms with Crippen LogP contribution in [0, 0.1) is 10.1 Å². The largest absolute Gasteiger partial charge is 0.490 e. The van der Waals surface area contributed by atoms with Gasteiger partial charge in [0.2, 0.25) is 11.7 Å². The van der Waals surface area contributed by atoms with Crippen LogP contribution in [0.2, 0.25) is 0 Å². The number of piperazine rings is 1. The number of methoxy groups -OCH3 is 1. The highest BCUT2D eigenvalue weighted by atomic mass is 19.4. The zero-order valence-corrected chi connectivity index (χ0v) is 18.5. The number of alkyl halides is 3. The molecule has 1 amide bonds. The van der Waals surface area contributed by atoms with E-state index in [1.165, 1.54) is 37.4 Å². The van der Waals surface area contributed by atoms with E-state index in [-0.39, 0.29) is 46.7 Å². The summed E-state index contributed by atoms with van der Waals surface area (Å²) in [6.07, 6.45) is -4.48. The molecule has 4 rings (SSSR count). The van der Waals surface area contributed by atoms with Crippen LogP contribution in [0.4, 0.5) is 18.9 Å². The normalized spacial score (nSPS) is 14.7. The highest BCUT2D eigenvalue weighted by Gasteiger charge is 2.31. The number of benzene rings is 2. The number of nitrogens with zero attached hydrogens (tertiary/aromatic N) is 5. The van der Waals surface area contributed by atoms with Crippen LogP contribution in [0.3, 0.4) is 0 Å². The number of carbonyl (C=O) groups excluding carboxylic acids is 1. The van der Waals surface area contributed by atoms with Gasteiger partial charge in [-0.2, -0.15) is 18.2 Å². The van der Waals surface area contributed by atoms with Gasteiger partial charge in [-0.3, -0.25) is 19.8 Å². The first-order valence-electron chi connectivity index (χ1n) is 10.5. The number of hydrogen-bond donors (Lipinski definition) is 0. The molecule has 2 heterocycles. The van der Waals surface area contributed by atoms with Crippen LogP contribution >= 0.6 is 0 Å². The van der Waals surface area contributed by atoms with E-state index in [2.05, 4.69) is 10.1 Å². The van der Waals surface area contributed by atoms with Crippen molar-refractivity contribution >= 4 is 11.6 Å². The lowest BCUT2D eigenvalue weighted by atomic mass is 10.1. The molecule has 0 aliphatic carbocycles. The van der Waals surface area contributed by atoms with E-state index in [9.17, 15) is 28.1 Å². The SMILES string of the molecule is COc1ccc(C(=O)N2CCN(Cc3nc(-c4cccc(C(F)(F)F)c4)no3)CC2)cc1[N+](=O)[O-]. The lowest BCUT2D eigenvalue weighted by Gasteiger charge is -2.34. The van der Waals surface area contributed by atoms with Gasteiger partial charge in [0.1, 0.15) is 0 Å². The summed E-state index contributed by atoms with van der Waals surface area (Å²) in [4.78, 5) is 31.2. The maximum absolute atomic E-state index is 12.9. The Balaban J connectivity index is 1.37. The van der Waals surface area contributed by atoms with Crippen LogP contribution in [0.25, 0.3) is 11.4 Å². The van der Waals surface area contributed by atoms with E-state index in [1.807, 2.05) is 4.90 Å². The summed E-state index contributed by atoms with van der Waals surface area (Å²) >= 11 is 0. The standard InChI is InChI=1S/C22H20F3N5O5/c1-34-18-6-5-15(12-17(18)30(32)33)21(31)29-9-7-28(8-10-29)13-19-26-20(27-35-19)14-3-2-4-16(11-14)22(23,24)25/h2-6,11-12H,7-10,13H2,1H3. The average Bonchev–Trinajstić information content (AvgIpc) is 3.31. The molecule has 0 bridgehead atoms. The van der Waals surface area contributed by atoms with Crippen LogP contribution in [0.5, 0.6) is 5.75 Å². The molecule has 1 aliphatic rings. The number of rotatable bonds is 6. The van der Waals surface area contributed by atoms with Gasteiger partial charge >= 0.3 is 11.9 Å². The number of carbonyl (C=O) groups is 1. The third-order valence-corrected chi connectivity index (χ3v) is 5.56. The maximum Gasteiger partial charge on any atom is 0.416 e. The number of halogens is 3. The van der Waals surface area contributed by atoms with Gasteiger partial charge < -0.3 is 14.2 Å². The summed E-state index contributed by atoms with van der Waals surface area (Å²) in [5, 5.41) is 15.0.